The van der Waals surface area contributed by atoms with Gasteiger partial charge < -0.3 is 15.4 Å². The second-order valence-electron chi connectivity index (χ2n) is 5.44. The van der Waals surface area contributed by atoms with Gasteiger partial charge in [-0.3, -0.25) is 0 Å². The zero-order chi connectivity index (χ0) is 14.0. The van der Waals surface area contributed by atoms with Crippen molar-refractivity contribution in [2.45, 2.75) is 45.1 Å². The van der Waals surface area contributed by atoms with E-state index in [2.05, 4.69) is 24.8 Å². The summed E-state index contributed by atoms with van der Waals surface area (Å²) >= 11 is 2.04. The maximum atomic E-state index is 6.01. The molecule has 1 aromatic carbocycles. The lowest BCUT2D eigenvalue weighted by Gasteiger charge is -2.39. The molecule has 0 aliphatic carbocycles. The Morgan fingerprint density at radius 2 is 2.05 bits per heavy atom. The van der Waals surface area contributed by atoms with E-state index in [1.54, 1.807) is 0 Å². The lowest BCUT2D eigenvalue weighted by Crippen LogP contribution is -2.44. The minimum absolute atomic E-state index is 0.169. The predicted molar refractivity (Wildman–Crippen MR) is 85.3 cm³/mol. The Balaban J connectivity index is 2.25. The Labute approximate surface area is 120 Å². The highest BCUT2D eigenvalue weighted by Crippen LogP contribution is 2.32. The van der Waals surface area contributed by atoms with Crippen LogP contribution in [0.2, 0.25) is 0 Å². The Hall–Kier alpha value is -1.03. The van der Waals surface area contributed by atoms with Crippen LogP contribution in [-0.2, 0) is 0 Å². The number of ether oxygens (including phenoxy) is 1. The van der Waals surface area contributed by atoms with Crippen molar-refractivity contribution in [3.63, 3.8) is 0 Å². The van der Waals surface area contributed by atoms with Crippen LogP contribution in [-0.4, -0.2) is 29.7 Å². The molecule has 1 aliphatic rings. The number of nitrogen functional groups attached to an aromatic ring is 1. The molecule has 1 aliphatic heterocycles. The molecule has 2 N–H and O–H groups in total. The molecule has 106 valence electrons. The lowest BCUT2D eigenvalue weighted by molar-refractivity contribution is 0.242. The van der Waals surface area contributed by atoms with Gasteiger partial charge in [-0.25, -0.2) is 0 Å². The SMILES string of the molecule is CC(C)Oc1cc(N)cc(N2CCSC(C)C2C)c1. The molecule has 1 aromatic rings. The molecule has 1 saturated heterocycles. The van der Waals surface area contributed by atoms with Gasteiger partial charge >= 0.3 is 0 Å². The fourth-order valence-corrected chi connectivity index (χ4v) is 3.51. The van der Waals surface area contributed by atoms with Crippen LogP contribution in [0.1, 0.15) is 27.7 Å². The van der Waals surface area contributed by atoms with Gasteiger partial charge in [-0.05, 0) is 26.8 Å². The number of rotatable bonds is 3. The number of benzene rings is 1. The fourth-order valence-electron chi connectivity index (χ4n) is 2.41. The summed E-state index contributed by atoms with van der Waals surface area (Å²) in [6, 6.07) is 6.57. The number of thioether (sulfide) groups is 1. The Bertz CT molecular complexity index is 436. The minimum atomic E-state index is 0.169. The van der Waals surface area contributed by atoms with Crippen molar-refractivity contribution in [2.75, 3.05) is 22.9 Å². The summed E-state index contributed by atoms with van der Waals surface area (Å²) in [5.74, 6) is 2.03. The molecule has 1 fully saturated rings. The summed E-state index contributed by atoms with van der Waals surface area (Å²) in [4.78, 5) is 2.44. The van der Waals surface area contributed by atoms with Crippen LogP contribution in [0.5, 0.6) is 5.75 Å². The number of anilines is 2. The topological polar surface area (TPSA) is 38.5 Å². The third-order valence-corrected chi connectivity index (χ3v) is 4.84. The average Bonchev–Trinajstić information content (AvgIpc) is 2.31. The second kappa shape index (κ2) is 5.95. The average molecular weight is 280 g/mol. The highest BCUT2D eigenvalue weighted by molar-refractivity contribution is 8.00. The number of nitrogens with two attached hydrogens (primary N) is 1. The van der Waals surface area contributed by atoms with Gasteiger partial charge in [0.2, 0.25) is 0 Å². The lowest BCUT2D eigenvalue weighted by atomic mass is 10.1. The van der Waals surface area contributed by atoms with E-state index in [1.165, 1.54) is 11.4 Å². The zero-order valence-corrected chi connectivity index (χ0v) is 13.0. The first-order valence-corrected chi connectivity index (χ1v) is 7.97. The number of hydrogen-bond acceptors (Lipinski definition) is 4. The third-order valence-electron chi connectivity index (χ3n) is 3.50. The molecule has 2 atom stereocenters. The van der Waals surface area contributed by atoms with E-state index in [0.717, 1.165) is 18.0 Å². The van der Waals surface area contributed by atoms with Gasteiger partial charge in [-0.2, -0.15) is 11.8 Å². The van der Waals surface area contributed by atoms with E-state index in [4.69, 9.17) is 10.5 Å². The van der Waals surface area contributed by atoms with Crippen LogP contribution in [0.15, 0.2) is 18.2 Å². The first-order chi connectivity index (χ1) is 8.97. The van der Waals surface area contributed by atoms with Crippen LogP contribution in [0.3, 0.4) is 0 Å². The molecule has 0 radical (unpaired) electrons. The van der Waals surface area contributed by atoms with E-state index < -0.39 is 0 Å². The van der Waals surface area contributed by atoms with E-state index in [0.29, 0.717) is 11.3 Å². The summed E-state index contributed by atoms with van der Waals surface area (Å²) < 4.78 is 5.78. The van der Waals surface area contributed by atoms with Crippen molar-refractivity contribution in [1.82, 2.24) is 0 Å². The highest BCUT2D eigenvalue weighted by atomic mass is 32.2. The molecular formula is C15H24N2OS. The van der Waals surface area contributed by atoms with Crippen LogP contribution >= 0.6 is 11.8 Å². The standard InChI is InChI=1S/C15H24N2OS/c1-10(2)18-15-8-13(16)7-14(9-15)17-5-6-19-12(4)11(17)3/h7-12H,5-6,16H2,1-4H3. The molecule has 4 heteroatoms. The van der Waals surface area contributed by atoms with Gasteiger partial charge in [-0.1, -0.05) is 6.92 Å². The normalized spacial score (nSPS) is 23.7. The van der Waals surface area contributed by atoms with Gasteiger partial charge in [0.1, 0.15) is 5.75 Å². The molecule has 0 aromatic heterocycles. The van der Waals surface area contributed by atoms with Crippen LogP contribution < -0.4 is 15.4 Å². The van der Waals surface area contributed by atoms with E-state index in [-0.39, 0.29) is 6.10 Å². The van der Waals surface area contributed by atoms with Crippen LogP contribution in [0, 0.1) is 0 Å². The predicted octanol–water partition coefficient (Wildman–Crippen LogP) is 3.39. The summed E-state index contributed by atoms with van der Waals surface area (Å²) in [6.07, 6.45) is 0.169. The second-order valence-corrected chi connectivity index (χ2v) is 6.92. The van der Waals surface area contributed by atoms with Crippen molar-refractivity contribution >= 4 is 23.1 Å². The van der Waals surface area contributed by atoms with Crippen molar-refractivity contribution < 1.29 is 4.74 Å². The van der Waals surface area contributed by atoms with Crippen LogP contribution in [0.25, 0.3) is 0 Å². The Morgan fingerprint density at radius 3 is 2.74 bits per heavy atom. The Morgan fingerprint density at radius 1 is 1.32 bits per heavy atom. The summed E-state index contributed by atoms with van der Waals surface area (Å²) in [7, 11) is 0. The first kappa shape index (κ1) is 14.4. The maximum Gasteiger partial charge on any atom is 0.123 e. The minimum Gasteiger partial charge on any atom is -0.491 e. The third kappa shape index (κ3) is 3.50. The fraction of sp³-hybridized carbons (Fsp3) is 0.600. The van der Waals surface area contributed by atoms with Gasteiger partial charge in [0.05, 0.1) is 6.10 Å². The van der Waals surface area contributed by atoms with Gasteiger partial charge in [-0.15, -0.1) is 0 Å². The highest BCUT2D eigenvalue weighted by Gasteiger charge is 2.25. The molecule has 1 heterocycles. The van der Waals surface area contributed by atoms with E-state index in [1.807, 2.05) is 37.7 Å². The summed E-state index contributed by atoms with van der Waals surface area (Å²) in [5.41, 5.74) is 7.96. The summed E-state index contributed by atoms with van der Waals surface area (Å²) in [6.45, 7) is 9.71. The molecule has 3 nitrogen and oxygen atoms in total. The van der Waals surface area contributed by atoms with Crippen molar-refractivity contribution in [3.8, 4) is 5.75 Å². The number of hydrogen-bond donors (Lipinski definition) is 1. The zero-order valence-electron chi connectivity index (χ0n) is 12.2. The van der Waals surface area contributed by atoms with Crippen molar-refractivity contribution in [1.29, 1.82) is 0 Å². The summed E-state index contributed by atoms with van der Waals surface area (Å²) in [5, 5.41) is 0.643. The smallest absolute Gasteiger partial charge is 0.123 e. The molecule has 19 heavy (non-hydrogen) atoms. The quantitative estimate of drug-likeness (QED) is 0.861. The first-order valence-electron chi connectivity index (χ1n) is 6.93. The monoisotopic (exact) mass is 280 g/mol. The van der Waals surface area contributed by atoms with Crippen molar-refractivity contribution in [3.05, 3.63) is 18.2 Å². The van der Waals surface area contributed by atoms with Crippen molar-refractivity contribution in [2.24, 2.45) is 0 Å². The maximum absolute atomic E-state index is 6.01. The molecular weight excluding hydrogens is 256 g/mol. The molecule has 2 rings (SSSR count). The number of nitrogens with zero attached hydrogens (tertiary/aromatic N) is 1. The molecule has 0 saturated carbocycles. The van der Waals surface area contributed by atoms with E-state index in [9.17, 15) is 0 Å². The Kier molecular flexibility index (Phi) is 4.50. The van der Waals surface area contributed by atoms with Crippen LogP contribution in [0.4, 0.5) is 11.4 Å². The molecule has 2 unspecified atom stereocenters. The molecule has 0 bridgehead atoms. The van der Waals surface area contributed by atoms with E-state index >= 15 is 0 Å². The largest absolute Gasteiger partial charge is 0.491 e. The molecule has 0 spiro atoms. The van der Waals surface area contributed by atoms with Gasteiger partial charge in [0.15, 0.2) is 0 Å². The van der Waals surface area contributed by atoms with Gasteiger partial charge in [0, 0.05) is 47.1 Å². The molecule has 0 amide bonds. The van der Waals surface area contributed by atoms with Gasteiger partial charge in [0.25, 0.3) is 0 Å².